The Morgan fingerprint density at radius 3 is 2.49 bits per heavy atom. The molecule has 0 radical (unpaired) electrons. The molecule has 0 spiro atoms. The van der Waals surface area contributed by atoms with Gasteiger partial charge in [-0.05, 0) is 57.9 Å². The van der Waals surface area contributed by atoms with Crippen LogP contribution in [0.15, 0.2) is 54.3 Å². The van der Waals surface area contributed by atoms with Crippen molar-refractivity contribution in [1.29, 1.82) is 0 Å². The van der Waals surface area contributed by atoms with E-state index in [2.05, 4.69) is 15.1 Å². The Morgan fingerprint density at radius 2 is 1.88 bits per heavy atom. The van der Waals surface area contributed by atoms with Crippen LogP contribution in [0.5, 0.6) is 0 Å². The van der Waals surface area contributed by atoms with E-state index in [1.807, 2.05) is 58.2 Å². The summed E-state index contributed by atoms with van der Waals surface area (Å²) in [6.07, 6.45) is 10.1. The molecule has 2 rings (SSSR count). The Bertz CT molecular complexity index is 1050. The van der Waals surface area contributed by atoms with E-state index in [1.54, 1.807) is 30.2 Å². The number of carbonyl (C=O) groups excluding carboxylic acids is 3. The second kappa shape index (κ2) is 16.9. The minimum Gasteiger partial charge on any atom is -0.439 e. The number of allylic oxidation sites excluding steroid dienone is 5. The van der Waals surface area contributed by atoms with E-state index in [0.29, 0.717) is 19.4 Å². The van der Waals surface area contributed by atoms with Crippen LogP contribution in [0.1, 0.15) is 58.6 Å². The Hall–Kier alpha value is -3.21. The van der Waals surface area contributed by atoms with E-state index >= 15 is 0 Å². The van der Waals surface area contributed by atoms with E-state index in [4.69, 9.17) is 4.74 Å². The van der Waals surface area contributed by atoms with Gasteiger partial charge in [-0.3, -0.25) is 0 Å². The molecule has 2 N–H and O–H groups in total. The second-order valence-electron chi connectivity index (χ2n) is 11.2. The second-order valence-corrected chi connectivity index (χ2v) is 11.2. The summed E-state index contributed by atoms with van der Waals surface area (Å²) in [4.78, 5) is 39.5. The molecule has 10 nitrogen and oxygen atoms in total. The van der Waals surface area contributed by atoms with Crippen molar-refractivity contribution in [1.82, 2.24) is 20.0 Å². The number of aliphatic hydroxyl groups is 2. The summed E-state index contributed by atoms with van der Waals surface area (Å²) >= 11 is 0. The molecular weight excluding hydrogens is 524 g/mol. The van der Waals surface area contributed by atoms with E-state index < -0.39 is 29.8 Å². The zero-order valence-corrected chi connectivity index (χ0v) is 24.9. The van der Waals surface area contributed by atoms with Gasteiger partial charge in [0.1, 0.15) is 18.2 Å². The number of aliphatic hydroxyl groups excluding tert-OH is 1. The van der Waals surface area contributed by atoms with Crippen molar-refractivity contribution in [3.63, 3.8) is 0 Å². The molecule has 0 aliphatic carbocycles. The van der Waals surface area contributed by atoms with Crippen molar-refractivity contribution >= 4 is 18.7 Å². The van der Waals surface area contributed by atoms with Crippen LogP contribution in [0.25, 0.3) is 0 Å². The molecule has 1 saturated heterocycles. The number of piperazine rings is 1. The third-order valence-corrected chi connectivity index (χ3v) is 7.60. The molecule has 1 aromatic heterocycles. The molecule has 0 aromatic carbocycles. The van der Waals surface area contributed by atoms with Crippen LogP contribution < -0.4 is 0 Å². The Labute approximate surface area is 243 Å². The van der Waals surface area contributed by atoms with E-state index in [1.165, 1.54) is 0 Å². The molecule has 1 aromatic rings. The average molecular weight is 571 g/mol. The minimum atomic E-state index is -1.51. The van der Waals surface area contributed by atoms with Gasteiger partial charge in [-0.15, -0.1) is 0 Å². The fraction of sp³-hybridized carbons (Fsp3) is 0.581. The monoisotopic (exact) mass is 570 g/mol. The van der Waals surface area contributed by atoms with Crippen LogP contribution in [-0.4, -0.2) is 99.9 Å². The first kappa shape index (κ1) is 34.0. The van der Waals surface area contributed by atoms with Crippen molar-refractivity contribution in [3.8, 4) is 0 Å². The number of hydrogen-bond acceptors (Lipinski definition) is 9. The van der Waals surface area contributed by atoms with Gasteiger partial charge < -0.3 is 34.3 Å². The van der Waals surface area contributed by atoms with Crippen LogP contribution in [0.2, 0.25) is 0 Å². The van der Waals surface area contributed by atoms with Crippen LogP contribution in [0, 0.1) is 11.8 Å². The molecule has 41 heavy (non-hydrogen) atoms. The fourth-order valence-electron chi connectivity index (χ4n) is 4.56. The van der Waals surface area contributed by atoms with Gasteiger partial charge in [-0.2, -0.15) is 10.2 Å². The maximum Gasteiger partial charge on any atom is 0.410 e. The largest absolute Gasteiger partial charge is 0.439 e. The van der Waals surface area contributed by atoms with Gasteiger partial charge in [0.25, 0.3) is 0 Å². The van der Waals surface area contributed by atoms with Gasteiger partial charge in [0.15, 0.2) is 6.10 Å². The smallest absolute Gasteiger partial charge is 0.410 e. The number of carbonyl (C=O) groups is 3. The average Bonchev–Trinajstić information content (AvgIpc) is 2.95. The van der Waals surface area contributed by atoms with Gasteiger partial charge >= 0.3 is 6.09 Å². The summed E-state index contributed by atoms with van der Waals surface area (Å²) in [5.41, 5.74) is 0.193. The lowest BCUT2D eigenvalue weighted by atomic mass is 9.86. The Kier molecular flexibility index (Phi) is 14.0. The highest BCUT2D eigenvalue weighted by Crippen LogP contribution is 2.26. The summed E-state index contributed by atoms with van der Waals surface area (Å²) in [6.45, 7) is 9.81. The van der Waals surface area contributed by atoms with Gasteiger partial charge in [0, 0.05) is 50.6 Å². The van der Waals surface area contributed by atoms with Crippen molar-refractivity contribution in [2.75, 3.05) is 33.2 Å². The normalized spacial score (nSPS) is 20.3. The number of ether oxygens (including phenoxy) is 1. The summed E-state index contributed by atoms with van der Waals surface area (Å²) in [6, 6.07) is 3.75. The molecule has 1 amide bonds. The maximum absolute atomic E-state index is 13.0. The molecule has 1 unspecified atom stereocenters. The van der Waals surface area contributed by atoms with E-state index in [9.17, 15) is 24.6 Å². The lowest BCUT2D eigenvalue weighted by Gasteiger charge is -2.36. The number of nitrogens with zero attached hydrogens (tertiary/aromatic N) is 4. The third kappa shape index (κ3) is 11.3. The highest BCUT2D eigenvalue weighted by molar-refractivity contribution is 5.68. The van der Waals surface area contributed by atoms with Crippen LogP contribution in [0.3, 0.4) is 0 Å². The summed E-state index contributed by atoms with van der Waals surface area (Å²) in [5, 5.41) is 29.4. The minimum absolute atomic E-state index is 0.0344. The predicted octanol–water partition coefficient (Wildman–Crippen LogP) is 3.32. The number of rotatable bonds is 15. The Morgan fingerprint density at radius 1 is 1.17 bits per heavy atom. The van der Waals surface area contributed by atoms with Gasteiger partial charge in [0.05, 0.1) is 11.8 Å². The molecule has 1 fully saturated rings. The zero-order chi connectivity index (χ0) is 30.4. The first-order chi connectivity index (χ1) is 19.5. The number of aldehydes is 2. The number of hydrogen-bond donors (Lipinski definition) is 2. The Balaban J connectivity index is 2.16. The number of aromatic nitrogens is 2. The highest BCUT2D eigenvalue weighted by Gasteiger charge is 2.35. The van der Waals surface area contributed by atoms with Crippen LogP contribution in [0.4, 0.5) is 4.79 Å². The molecular formula is C31H46N4O6. The standard InChI is InChI=1S/C31H46N4O6/c1-23(8-6-9-25(3)28-10-7-16-32-33-28)27(22-37)24(2)11-12-29(31(4,40)15-13-26(38)14-21-36)41-30(39)35-19-17-34(5)18-20-35/h6-12,16,21-22,24-27,29,38,40H,13-15,17-20H2,1-5H3/b9-6+,12-11+,23-8+/t24-,25?,26-,27+,29-,31-/m0/s1. The summed E-state index contributed by atoms with van der Waals surface area (Å²) < 4.78 is 5.80. The molecule has 10 heteroatoms. The SMILES string of the molecule is C/C(=C\C=C\C(C)c1cccnn1)[C@@H](C=O)[C@@H](C)/C=C/[C@H](OC(=O)N1CCN(C)CC1)[C@@](C)(O)CC[C@H](O)CC=O. The first-order valence-electron chi connectivity index (χ1n) is 14.2. The van der Waals surface area contributed by atoms with Crippen molar-refractivity contribution in [3.05, 3.63) is 60.0 Å². The quantitative estimate of drug-likeness (QED) is 0.185. The van der Waals surface area contributed by atoms with Crippen molar-refractivity contribution in [2.45, 2.75) is 70.7 Å². The predicted molar refractivity (Wildman–Crippen MR) is 157 cm³/mol. The van der Waals surface area contributed by atoms with Gasteiger partial charge in [0.2, 0.25) is 0 Å². The summed E-state index contributed by atoms with van der Waals surface area (Å²) in [5.74, 6) is -0.630. The van der Waals surface area contributed by atoms with Crippen molar-refractivity contribution in [2.24, 2.45) is 11.8 Å². The maximum atomic E-state index is 13.0. The molecule has 0 bridgehead atoms. The fourth-order valence-corrected chi connectivity index (χ4v) is 4.56. The molecule has 6 atom stereocenters. The lowest BCUT2D eigenvalue weighted by Crippen LogP contribution is -2.50. The molecule has 0 saturated carbocycles. The van der Waals surface area contributed by atoms with Crippen LogP contribution >= 0.6 is 0 Å². The molecule has 1 aliphatic heterocycles. The topological polar surface area (TPSA) is 133 Å². The van der Waals surface area contributed by atoms with E-state index in [-0.39, 0.29) is 31.1 Å². The lowest BCUT2D eigenvalue weighted by molar-refractivity contribution is -0.111. The third-order valence-electron chi connectivity index (χ3n) is 7.60. The molecule has 226 valence electrons. The van der Waals surface area contributed by atoms with Gasteiger partial charge in [-0.25, -0.2) is 4.79 Å². The number of amides is 1. The molecule has 2 heterocycles. The highest BCUT2D eigenvalue weighted by atomic mass is 16.6. The number of likely N-dealkylation sites (N-methyl/N-ethyl adjacent to an activating group) is 1. The molecule has 1 aliphatic rings. The van der Waals surface area contributed by atoms with Gasteiger partial charge in [-0.1, -0.05) is 43.7 Å². The zero-order valence-electron chi connectivity index (χ0n) is 24.9. The van der Waals surface area contributed by atoms with Crippen molar-refractivity contribution < 1.29 is 29.3 Å². The summed E-state index contributed by atoms with van der Waals surface area (Å²) in [7, 11) is 1.99. The first-order valence-corrected chi connectivity index (χ1v) is 14.2. The van der Waals surface area contributed by atoms with Crippen LogP contribution in [-0.2, 0) is 14.3 Å². The van der Waals surface area contributed by atoms with E-state index in [0.717, 1.165) is 30.6 Å².